The van der Waals surface area contributed by atoms with Gasteiger partial charge in [0.05, 0.1) is 5.69 Å². The van der Waals surface area contributed by atoms with Crippen LogP contribution in [0.3, 0.4) is 0 Å². The summed E-state index contributed by atoms with van der Waals surface area (Å²) in [5, 5.41) is 4.06. The molecule has 5 nitrogen and oxygen atoms in total. The predicted octanol–water partition coefficient (Wildman–Crippen LogP) is 4.00. The number of rotatable bonds is 5. The molecule has 0 unspecified atom stereocenters. The number of piperidine rings is 1. The summed E-state index contributed by atoms with van der Waals surface area (Å²) in [7, 11) is 0. The van der Waals surface area contributed by atoms with Crippen LogP contribution >= 0.6 is 11.6 Å². The third-order valence-corrected chi connectivity index (χ3v) is 5.38. The highest BCUT2D eigenvalue weighted by molar-refractivity contribution is 6.29. The van der Waals surface area contributed by atoms with E-state index in [-0.39, 0.29) is 22.8 Å². The van der Waals surface area contributed by atoms with E-state index >= 15 is 0 Å². The summed E-state index contributed by atoms with van der Waals surface area (Å²) in [6.07, 6.45) is 2.32. The second-order valence-electron chi connectivity index (χ2n) is 6.91. The molecule has 1 aliphatic rings. The maximum Gasteiger partial charge on any atom is 0.229 e. The number of hydrogen-bond donors (Lipinski definition) is 0. The average molecular weight is 375 g/mol. The molecule has 138 valence electrons. The van der Waals surface area contributed by atoms with Gasteiger partial charge in [0, 0.05) is 36.6 Å². The molecule has 1 aromatic heterocycles. The first-order valence-corrected chi connectivity index (χ1v) is 9.33. The Morgan fingerprint density at radius 1 is 1.19 bits per heavy atom. The lowest BCUT2D eigenvalue weighted by molar-refractivity contribution is -0.132. The number of aromatic nitrogens is 1. The second kappa shape index (κ2) is 8.04. The van der Waals surface area contributed by atoms with E-state index in [1.807, 2.05) is 43.0 Å². The maximum absolute atomic E-state index is 12.6. The monoisotopic (exact) mass is 374 g/mol. The molecule has 2 heterocycles. The van der Waals surface area contributed by atoms with Gasteiger partial charge in [-0.3, -0.25) is 9.59 Å². The number of aryl methyl sites for hydroxylation is 2. The molecule has 1 aliphatic heterocycles. The van der Waals surface area contributed by atoms with Gasteiger partial charge in [-0.25, -0.2) is 0 Å². The first kappa shape index (κ1) is 18.6. The normalized spacial score (nSPS) is 15.3. The lowest BCUT2D eigenvalue weighted by Gasteiger charge is -2.31. The minimum Gasteiger partial charge on any atom is -0.344 e. The van der Waals surface area contributed by atoms with Gasteiger partial charge >= 0.3 is 0 Å². The van der Waals surface area contributed by atoms with E-state index in [9.17, 15) is 9.59 Å². The average Bonchev–Trinajstić information content (AvgIpc) is 2.98. The summed E-state index contributed by atoms with van der Waals surface area (Å²) >= 11 is 5.94. The van der Waals surface area contributed by atoms with Crippen LogP contribution < -0.4 is 0 Å². The highest BCUT2D eigenvalue weighted by Crippen LogP contribution is 2.24. The first-order chi connectivity index (χ1) is 12.5. The molecule has 2 aromatic rings. The number of carbonyl (C=O) groups excluding carboxylic acids is 2. The Hall–Kier alpha value is -2.14. The van der Waals surface area contributed by atoms with Crippen molar-refractivity contribution in [3.05, 3.63) is 51.9 Å². The zero-order valence-corrected chi connectivity index (χ0v) is 15.9. The number of ketones is 1. The van der Waals surface area contributed by atoms with Gasteiger partial charge in [-0.15, -0.1) is 0 Å². The van der Waals surface area contributed by atoms with Gasteiger partial charge in [0.1, 0.15) is 0 Å². The van der Waals surface area contributed by atoms with Crippen LogP contribution in [0.1, 0.15) is 46.4 Å². The highest BCUT2D eigenvalue weighted by Gasteiger charge is 2.28. The van der Waals surface area contributed by atoms with Crippen LogP contribution in [0.4, 0.5) is 0 Å². The summed E-state index contributed by atoms with van der Waals surface area (Å²) in [6, 6.07) is 7.70. The molecule has 0 bridgehead atoms. The topological polar surface area (TPSA) is 63.4 Å². The number of likely N-dealkylation sites (tertiary alicyclic amines) is 1. The molecule has 0 aliphatic carbocycles. The van der Waals surface area contributed by atoms with Gasteiger partial charge in [0.15, 0.2) is 5.78 Å². The van der Waals surface area contributed by atoms with Crippen molar-refractivity contribution >= 4 is 23.3 Å². The van der Waals surface area contributed by atoms with Crippen LogP contribution in [0, 0.1) is 19.8 Å². The summed E-state index contributed by atoms with van der Waals surface area (Å²) in [4.78, 5) is 26.9. The quantitative estimate of drug-likeness (QED) is 0.742. The molecule has 1 amide bonds. The van der Waals surface area contributed by atoms with Gasteiger partial charge in [-0.05, 0) is 44.7 Å². The number of carbonyl (C=O) groups is 2. The van der Waals surface area contributed by atoms with Crippen molar-refractivity contribution < 1.29 is 14.1 Å². The summed E-state index contributed by atoms with van der Waals surface area (Å²) in [5.74, 6) is 0.267. The standard InChI is InChI=1S/C20H23ClN2O3/c1-13-3-5-15(6-4-13)19(25)16-9-11-23(12-10-16)18(24)8-7-17-14(2)22-26-20(17)21/h3-6,16H,7-12H2,1-2H3. The fourth-order valence-electron chi connectivity index (χ4n) is 3.37. The zero-order chi connectivity index (χ0) is 18.7. The largest absolute Gasteiger partial charge is 0.344 e. The van der Waals surface area contributed by atoms with Crippen LogP contribution in [0.25, 0.3) is 0 Å². The van der Waals surface area contributed by atoms with E-state index in [0.717, 1.165) is 22.4 Å². The Bertz CT molecular complexity index is 770. The Labute approximate surface area is 158 Å². The molecule has 1 fully saturated rings. The molecule has 0 spiro atoms. The van der Waals surface area contributed by atoms with E-state index in [2.05, 4.69) is 5.16 Å². The summed E-state index contributed by atoms with van der Waals surface area (Å²) in [6.45, 7) is 5.07. The number of nitrogens with zero attached hydrogens (tertiary/aromatic N) is 2. The molecular formula is C20H23ClN2O3. The first-order valence-electron chi connectivity index (χ1n) is 8.95. The zero-order valence-electron chi connectivity index (χ0n) is 15.1. The third-order valence-electron chi connectivity index (χ3n) is 5.08. The van der Waals surface area contributed by atoms with Crippen LogP contribution in [-0.4, -0.2) is 34.8 Å². The number of benzene rings is 1. The molecule has 1 aromatic carbocycles. The van der Waals surface area contributed by atoms with Crippen molar-refractivity contribution in [1.82, 2.24) is 10.1 Å². The Morgan fingerprint density at radius 3 is 2.42 bits per heavy atom. The number of Topliss-reactive ketones (excluding diaryl/α,β-unsaturated/α-hetero) is 1. The Kier molecular flexibility index (Phi) is 5.77. The molecule has 0 atom stereocenters. The van der Waals surface area contributed by atoms with Crippen molar-refractivity contribution in [3.63, 3.8) is 0 Å². The fourth-order valence-corrected chi connectivity index (χ4v) is 3.64. The molecule has 0 radical (unpaired) electrons. The van der Waals surface area contributed by atoms with E-state index in [1.54, 1.807) is 0 Å². The number of amides is 1. The van der Waals surface area contributed by atoms with E-state index < -0.39 is 0 Å². The van der Waals surface area contributed by atoms with Crippen molar-refractivity contribution in [2.75, 3.05) is 13.1 Å². The van der Waals surface area contributed by atoms with Crippen LogP contribution in [-0.2, 0) is 11.2 Å². The smallest absolute Gasteiger partial charge is 0.229 e. The third kappa shape index (κ3) is 4.15. The SMILES string of the molecule is Cc1ccc(C(=O)C2CCN(C(=O)CCc3c(C)noc3Cl)CC2)cc1. The van der Waals surface area contributed by atoms with Crippen LogP contribution in [0.2, 0.25) is 5.22 Å². The molecule has 0 saturated carbocycles. The molecule has 1 saturated heterocycles. The van der Waals surface area contributed by atoms with Gasteiger partial charge in [-0.2, -0.15) is 0 Å². The van der Waals surface area contributed by atoms with Gasteiger partial charge in [-0.1, -0.05) is 35.0 Å². The fraction of sp³-hybridized carbons (Fsp3) is 0.450. The van der Waals surface area contributed by atoms with Gasteiger partial charge < -0.3 is 9.42 Å². The van der Waals surface area contributed by atoms with Crippen molar-refractivity contribution in [2.24, 2.45) is 5.92 Å². The highest BCUT2D eigenvalue weighted by atomic mass is 35.5. The molecule has 6 heteroatoms. The second-order valence-corrected chi connectivity index (χ2v) is 7.25. The Morgan fingerprint density at radius 2 is 1.85 bits per heavy atom. The van der Waals surface area contributed by atoms with Gasteiger partial charge in [0.25, 0.3) is 0 Å². The number of hydrogen-bond acceptors (Lipinski definition) is 4. The molecule has 0 N–H and O–H groups in total. The van der Waals surface area contributed by atoms with Crippen LogP contribution in [0.15, 0.2) is 28.8 Å². The van der Waals surface area contributed by atoms with E-state index in [0.29, 0.717) is 38.8 Å². The summed E-state index contributed by atoms with van der Waals surface area (Å²) in [5.41, 5.74) is 3.43. The van der Waals surface area contributed by atoms with Gasteiger partial charge in [0.2, 0.25) is 11.1 Å². The van der Waals surface area contributed by atoms with Crippen molar-refractivity contribution in [1.29, 1.82) is 0 Å². The lowest BCUT2D eigenvalue weighted by atomic mass is 9.88. The predicted molar refractivity (Wildman–Crippen MR) is 99.4 cm³/mol. The maximum atomic E-state index is 12.6. The van der Waals surface area contributed by atoms with Crippen molar-refractivity contribution in [2.45, 2.75) is 39.5 Å². The summed E-state index contributed by atoms with van der Waals surface area (Å²) < 4.78 is 4.92. The van der Waals surface area contributed by atoms with Crippen LogP contribution in [0.5, 0.6) is 0 Å². The molecule has 3 rings (SSSR count). The molecule has 26 heavy (non-hydrogen) atoms. The molecular weight excluding hydrogens is 352 g/mol. The lowest BCUT2D eigenvalue weighted by Crippen LogP contribution is -2.40. The number of halogens is 1. The van der Waals surface area contributed by atoms with Crippen molar-refractivity contribution in [3.8, 4) is 0 Å². The Balaban J connectivity index is 1.50. The van der Waals surface area contributed by atoms with E-state index in [4.69, 9.17) is 16.1 Å². The minimum absolute atomic E-state index is 0.00322. The van der Waals surface area contributed by atoms with E-state index in [1.165, 1.54) is 0 Å². The minimum atomic E-state index is -0.00322.